The highest BCUT2D eigenvalue weighted by atomic mass is 35.5. The van der Waals surface area contributed by atoms with Crippen molar-refractivity contribution in [2.45, 2.75) is 39.8 Å². The minimum absolute atomic E-state index is 0. The van der Waals surface area contributed by atoms with Gasteiger partial charge in [-0.1, -0.05) is 6.07 Å². The van der Waals surface area contributed by atoms with E-state index in [1.54, 1.807) is 4.52 Å². The second kappa shape index (κ2) is 7.20. The Hall–Kier alpha value is -1.46. The van der Waals surface area contributed by atoms with Crippen molar-refractivity contribution in [3.63, 3.8) is 0 Å². The van der Waals surface area contributed by atoms with Gasteiger partial charge in [0.25, 0.3) is 5.88 Å². The monoisotopic (exact) mass is 326 g/mol. The SMILES string of the molecule is CC(C)[N+](C)(CCOc1nn2ccccc2c1N)C(C)C.[Cl-]. The summed E-state index contributed by atoms with van der Waals surface area (Å²) in [7, 11) is 2.27. The van der Waals surface area contributed by atoms with Crippen LogP contribution in [0, 0.1) is 0 Å². The van der Waals surface area contributed by atoms with Gasteiger partial charge >= 0.3 is 0 Å². The first-order valence-electron chi connectivity index (χ1n) is 7.56. The number of fused-ring (bicyclic) bond motifs is 1. The number of anilines is 1. The molecule has 124 valence electrons. The molecule has 0 atom stereocenters. The number of hydrogen-bond acceptors (Lipinski definition) is 3. The fraction of sp³-hybridized carbons (Fsp3) is 0.562. The van der Waals surface area contributed by atoms with Gasteiger partial charge in [0, 0.05) is 6.20 Å². The van der Waals surface area contributed by atoms with Crippen LogP contribution >= 0.6 is 0 Å². The van der Waals surface area contributed by atoms with Gasteiger partial charge in [-0.2, -0.15) is 0 Å². The molecular weight excluding hydrogens is 300 g/mol. The molecule has 0 aliphatic carbocycles. The van der Waals surface area contributed by atoms with Gasteiger partial charge < -0.3 is 27.4 Å². The molecule has 0 unspecified atom stereocenters. The summed E-state index contributed by atoms with van der Waals surface area (Å²) in [4.78, 5) is 0. The lowest BCUT2D eigenvalue weighted by Crippen LogP contribution is -3.00. The fourth-order valence-corrected chi connectivity index (χ4v) is 2.55. The number of halogens is 1. The van der Waals surface area contributed by atoms with Crippen LogP contribution in [-0.4, -0.2) is 46.4 Å². The number of aromatic nitrogens is 2. The van der Waals surface area contributed by atoms with E-state index in [2.05, 4.69) is 39.8 Å². The van der Waals surface area contributed by atoms with Crippen molar-refractivity contribution in [1.82, 2.24) is 9.61 Å². The van der Waals surface area contributed by atoms with Crippen molar-refractivity contribution in [1.29, 1.82) is 0 Å². The van der Waals surface area contributed by atoms with Crippen LogP contribution < -0.4 is 22.9 Å². The summed E-state index contributed by atoms with van der Waals surface area (Å²) in [5.41, 5.74) is 7.59. The summed E-state index contributed by atoms with van der Waals surface area (Å²) in [6.45, 7) is 10.5. The topological polar surface area (TPSA) is 52.5 Å². The van der Waals surface area contributed by atoms with Crippen molar-refractivity contribution in [3.05, 3.63) is 24.4 Å². The summed E-state index contributed by atoms with van der Waals surface area (Å²) in [6, 6.07) is 6.91. The average Bonchev–Trinajstić information content (AvgIpc) is 2.75. The van der Waals surface area contributed by atoms with Crippen molar-refractivity contribution in [2.75, 3.05) is 25.9 Å². The third kappa shape index (κ3) is 3.47. The zero-order valence-corrected chi connectivity index (χ0v) is 14.8. The molecule has 2 heterocycles. The van der Waals surface area contributed by atoms with E-state index in [0.717, 1.165) is 16.5 Å². The molecule has 0 aromatic carbocycles. The summed E-state index contributed by atoms with van der Waals surface area (Å²) in [5.74, 6) is 0.528. The molecule has 0 spiro atoms. The van der Waals surface area contributed by atoms with Gasteiger partial charge in [-0.25, -0.2) is 4.52 Å². The Labute approximate surface area is 139 Å². The Morgan fingerprint density at radius 1 is 1.23 bits per heavy atom. The van der Waals surface area contributed by atoms with E-state index in [-0.39, 0.29) is 12.4 Å². The number of ether oxygens (including phenoxy) is 1. The summed E-state index contributed by atoms with van der Waals surface area (Å²) < 4.78 is 8.56. The molecule has 0 saturated carbocycles. The van der Waals surface area contributed by atoms with Crippen LogP contribution in [0.4, 0.5) is 5.69 Å². The zero-order valence-electron chi connectivity index (χ0n) is 14.1. The van der Waals surface area contributed by atoms with E-state index in [1.165, 1.54) is 0 Å². The average molecular weight is 327 g/mol. The molecule has 0 aliphatic heterocycles. The molecule has 0 radical (unpaired) electrons. The predicted octanol–water partition coefficient (Wildman–Crippen LogP) is -0.437. The van der Waals surface area contributed by atoms with Crippen molar-refractivity contribution in [2.24, 2.45) is 0 Å². The second-order valence-electron chi connectivity index (χ2n) is 6.36. The Bertz CT molecular complexity index is 601. The molecule has 0 aliphatic rings. The maximum absolute atomic E-state index is 6.09. The molecule has 22 heavy (non-hydrogen) atoms. The Morgan fingerprint density at radius 2 is 1.86 bits per heavy atom. The molecule has 2 rings (SSSR count). The van der Waals surface area contributed by atoms with E-state index in [1.807, 2.05) is 24.4 Å². The van der Waals surface area contributed by atoms with Gasteiger partial charge in [0.05, 0.1) is 24.6 Å². The molecule has 2 aromatic heterocycles. The van der Waals surface area contributed by atoms with Crippen LogP contribution in [0.3, 0.4) is 0 Å². The van der Waals surface area contributed by atoms with Gasteiger partial charge in [-0.15, -0.1) is 5.10 Å². The quantitative estimate of drug-likeness (QED) is 0.733. The largest absolute Gasteiger partial charge is 1.00 e. The third-order valence-corrected chi connectivity index (χ3v) is 4.72. The number of hydrogen-bond donors (Lipinski definition) is 1. The first-order chi connectivity index (χ1) is 9.86. The maximum atomic E-state index is 6.09. The van der Waals surface area contributed by atoms with Crippen LogP contribution in [0.25, 0.3) is 5.52 Å². The summed E-state index contributed by atoms with van der Waals surface area (Å²) in [6.07, 6.45) is 1.88. The van der Waals surface area contributed by atoms with E-state index in [0.29, 0.717) is 30.3 Å². The molecule has 2 aromatic rings. The minimum atomic E-state index is 0. The van der Waals surface area contributed by atoms with E-state index in [4.69, 9.17) is 10.5 Å². The lowest BCUT2D eigenvalue weighted by molar-refractivity contribution is -0.949. The van der Waals surface area contributed by atoms with Crippen LogP contribution in [0.15, 0.2) is 24.4 Å². The van der Waals surface area contributed by atoms with Gasteiger partial charge in [0.15, 0.2) is 0 Å². The van der Waals surface area contributed by atoms with Crippen LogP contribution in [0.5, 0.6) is 5.88 Å². The number of nitrogens with zero attached hydrogens (tertiary/aromatic N) is 3. The third-order valence-electron chi connectivity index (χ3n) is 4.72. The second-order valence-corrected chi connectivity index (χ2v) is 6.36. The number of rotatable bonds is 6. The van der Waals surface area contributed by atoms with Gasteiger partial charge in [0.1, 0.15) is 18.8 Å². The van der Waals surface area contributed by atoms with E-state index < -0.39 is 0 Å². The number of quaternary nitrogens is 1. The molecule has 6 heteroatoms. The molecule has 0 saturated heterocycles. The lowest BCUT2D eigenvalue weighted by atomic mass is 10.1. The van der Waals surface area contributed by atoms with Gasteiger partial charge in [-0.3, -0.25) is 0 Å². The highest BCUT2D eigenvalue weighted by molar-refractivity contribution is 5.74. The Balaban J connectivity index is 0.00000242. The smallest absolute Gasteiger partial charge is 0.257 e. The molecule has 0 fully saturated rings. The number of nitrogens with two attached hydrogens (primary N) is 1. The first-order valence-corrected chi connectivity index (χ1v) is 7.56. The van der Waals surface area contributed by atoms with Crippen molar-refractivity contribution in [3.8, 4) is 5.88 Å². The highest BCUT2D eigenvalue weighted by Crippen LogP contribution is 2.25. The molecule has 5 nitrogen and oxygen atoms in total. The van der Waals surface area contributed by atoms with Crippen molar-refractivity contribution >= 4 is 11.2 Å². The van der Waals surface area contributed by atoms with Crippen molar-refractivity contribution < 1.29 is 21.6 Å². The summed E-state index contributed by atoms with van der Waals surface area (Å²) in [5, 5.41) is 4.38. The molecule has 0 amide bonds. The molecule has 0 bridgehead atoms. The van der Waals surface area contributed by atoms with Crippen LogP contribution in [0.2, 0.25) is 0 Å². The molecular formula is C16H27ClN4O. The number of nitrogen functional groups attached to an aromatic ring is 1. The minimum Gasteiger partial charge on any atom is -1.00 e. The van der Waals surface area contributed by atoms with E-state index >= 15 is 0 Å². The maximum Gasteiger partial charge on any atom is 0.257 e. The predicted molar refractivity (Wildman–Crippen MR) is 86.4 cm³/mol. The zero-order chi connectivity index (χ0) is 15.6. The summed E-state index contributed by atoms with van der Waals surface area (Å²) >= 11 is 0. The normalized spacial score (nSPS) is 12.0. The fourth-order valence-electron chi connectivity index (χ4n) is 2.55. The van der Waals surface area contributed by atoms with Gasteiger partial charge in [0.2, 0.25) is 0 Å². The Kier molecular flexibility index (Phi) is 6.08. The lowest BCUT2D eigenvalue weighted by Gasteiger charge is -2.42. The number of pyridine rings is 1. The molecule has 2 N–H and O–H groups in total. The first kappa shape index (κ1) is 18.6. The Morgan fingerprint density at radius 3 is 2.41 bits per heavy atom. The van der Waals surface area contributed by atoms with E-state index in [9.17, 15) is 0 Å². The van der Waals surface area contributed by atoms with Gasteiger partial charge in [-0.05, 0) is 39.8 Å². The van der Waals surface area contributed by atoms with Crippen LogP contribution in [-0.2, 0) is 0 Å². The standard InChI is InChI=1S/C16H27N4O.ClH/c1-12(2)20(5,13(3)4)10-11-21-16-15(17)14-8-6-7-9-19(14)18-16;/h6-9,12-13H,10-11,17H2,1-5H3;1H/q+1;/p-1. The number of likely N-dealkylation sites (N-methyl/N-ethyl adjacent to an activating group) is 1. The highest BCUT2D eigenvalue weighted by Gasteiger charge is 2.29. The van der Waals surface area contributed by atoms with Crippen LogP contribution in [0.1, 0.15) is 27.7 Å².